The molecule has 0 unspecified atom stereocenters. The smallest absolute Gasteiger partial charge is 0.264 e. The number of nitrogens with zero attached hydrogens (tertiary/aromatic N) is 5. The number of rotatable bonds is 10. The average molecular weight is 516 g/mol. The van der Waals surface area contributed by atoms with Crippen LogP contribution in [0.25, 0.3) is 0 Å². The fourth-order valence-corrected chi connectivity index (χ4v) is 5.31. The number of aliphatic hydroxyl groups is 2. The Morgan fingerprint density at radius 3 is 2.79 bits per heavy atom. The second-order valence-electron chi connectivity index (χ2n) is 9.95. The number of amides is 2. The monoisotopic (exact) mass is 515 g/mol. The number of carbonyl (C=O) groups is 2. The molecule has 0 radical (unpaired) electrons. The molecule has 2 aliphatic rings. The predicted octanol–water partition coefficient (Wildman–Crippen LogP) is 2.96. The van der Waals surface area contributed by atoms with Crippen LogP contribution in [0.4, 0.5) is 11.4 Å². The van der Waals surface area contributed by atoms with Crippen molar-refractivity contribution in [1.29, 1.82) is 0 Å². The zero-order valence-electron chi connectivity index (χ0n) is 21.5. The summed E-state index contributed by atoms with van der Waals surface area (Å²) in [6, 6.07) is 15.1. The molecule has 5 rings (SSSR count). The molecule has 0 spiro atoms. The number of hydrogen-bond donors (Lipinski definition) is 2. The zero-order chi connectivity index (χ0) is 26.7. The van der Waals surface area contributed by atoms with Crippen molar-refractivity contribution in [3.05, 3.63) is 83.7 Å². The Kier molecular flexibility index (Phi) is 7.40. The third-order valence-electron chi connectivity index (χ3n) is 7.38. The van der Waals surface area contributed by atoms with Crippen LogP contribution >= 0.6 is 0 Å². The van der Waals surface area contributed by atoms with E-state index in [1.165, 1.54) is 0 Å². The number of para-hydroxylation sites is 1. The molecule has 38 heavy (non-hydrogen) atoms. The van der Waals surface area contributed by atoms with E-state index in [9.17, 15) is 14.7 Å². The van der Waals surface area contributed by atoms with E-state index in [4.69, 9.17) is 5.11 Å². The molecule has 1 saturated heterocycles. The van der Waals surface area contributed by atoms with Crippen molar-refractivity contribution in [1.82, 2.24) is 15.0 Å². The molecule has 2 atom stereocenters. The van der Waals surface area contributed by atoms with Gasteiger partial charge in [-0.05, 0) is 36.6 Å². The zero-order valence-corrected chi connectivity index (χ0v) is 21.5. The van der Waals surface area contributed by atoms with E-state index in [2.05, 4.69) is 10.3 Å². The van der Waals surface area contributed by atoms with Gasteiger partial charge in [-0.1, -0.05) is 54.6 Å². The van der Waals surface area contributed by atoms with Crippen molar-refractivity contribution < 1.29 is 19.8 Å². The maximum absolute atomic E-state index is 13.8. The summed E-state index contributed by atoms with van der Waals surface area (Å²) in [5, 5.41) is 28.9. The highest BCUT2D eigenvalue weighted by Gasteiger charge is 2.52. The van der Waals surface area contributed by atoms with Crippen LogP contribution in [0.15, 0.2) is 66.9 Å². The van der Waals surface area contributed by atoms with Crippen molar-refractivity contribution in [2.45, 2.75) is 51.3 Å². The number of aliphatic hydroxyl groups excluding tert-OH is 1. The summed E-state index contributed by atoms with van der Waals surface area (Å²) < 4.78 is 1.72. The summed E-state index contributed by atoms with van der Waals surface area (Å²) in [6.07, 6.45) is 8.18. The molecule has 1 aromatic heterocycles. The van der Waals surface area contributed by atoms with E-state index in [1.54, 1.807) is 14.5 Å². The lowest BCUT2D eigenvalue weighted by molar-refractivity contribution is -0.139. The Hall–Kier alpha value is -3.82. The van der Waals surface area contributed by atoms with Gasteiger partial charge in [0.2, 0.25) is 5.91 Å². The molecule has 2 N–H and O–H groups in total. The van der Waals surface area contributed by atoms with Gasteiger partial charge < -0.3 is 20.0 Å². The van der Waals surface area contributed by atoms with Gasteiger partial charge in [0.1, 0.15) is 0 Å². The van der Waals surface area contributed by atoms with Crippen LogP contribution in [0, 0.1) is 5.92 Å². The third-order valence-corrected chi connectivity index (χ3v) is 7.38. The Labute approximate surface area is 222 Å². The Balaban J connectivity index is 1.31. The standard InChI is InChI=1S/C29H33N5O4/c1-21(8-4-5-15-32-20-23(14-17-35)30-31-32)29(38)25-11-2-3-12-26(25)34(28(29)37)19-22-9-6-10-24(18-22)33-16-7-13-27(33)36/h2-4,6,8-12,18,20-21,35,38H,5,7,13-17,19H2,1H3/b8-4+/t21-,29+/m0/s1. The second-order valence-corrected chi connectivity index (χ2v) is 9.95. The van der Waals surface area contributed by atoms with Crippen LogP contribution in [-0.2, 0) is 34.7 Å². The molecule has 3 aromatic rings. The maximum Gasteiger partial charge on any atom is 0.264 e. The van der Waals surface area contributed by atoms with E-state index in [0.29, 0.717) is 50.1 Å². The number of hydrogen-bond acceptors (Lipinski definition) is 6. The molecule has 2 aliphatic heterocycles. The van der Waals surface area contributed by atoms with Crippen LogP contribution < -0.4 is 9.80 Å². The van der Waals surface area contributed by atoms with Crippen molar-refractivity contribution in [2.75, 3.05) is 23.0 Å². The Bertz CT molecular complexity index is 1350. The first-order chi connectivity index (χ1) is 18.4. The fraction of sp³-hybridized carbons (Fsp3) is 0.379. The van der Waals surface area contributed by atoms with Crippen LogP contribution in [0.1, 0.15) is 43.0 Å². The number of aryl methyl sites for hydroxylation is 1. The first kappa shape index (κ1) is 25.8. The molecule has 2 amide bonds. The van der Waals surface area contributed by atoms with E-state index in [-0.39, 0.29) is 18.4 Å². The highest BCUT2D eigenvalue weighted by molar-refractivity contribution is 6.07. The van der Waals surface area contributed by atoms with Gasteiger partial charge in [-0.25, -0.2) is 0 Å². The van der Waals surface area contributed by atoms with Crippen molar-refractivity contribution >= 4 is 23.2 Å². The molecule has 0 saturated carbocycles. The van der Waals surface area contributed by atoms with E-state index < -0.39 is 11.5 Å². The largest absolute Gasteiger partial charge is 0.396 e. The summed E-state index contributed by atoms with van der Waals surface area (Å²) in [5.41, 5.74) is 2.08. The van der Waals surface area contributed by atoms with Gasteiger partial charge in [0.15, 0.2) is 5.60 Å². The minimum atomic E-state index is -1.68. The molecular weight excluding hydrogens is 482 g/mol. The first-order valence-electron chi connectivity index (χ1n) is 13.1. The highest BCUT2D eigenvalue weighted by atomic mass is 16.3. The lowest BCUT2D eigenvalue weighted by Crippen LogP contribution is -2.44. The molecular formula is C29H33N5O4. The minimum Gasteiger partial charge on any atom is -0.396 e. The number of benzene rings is 2. The molecule has 3 heterocycles. The highest BCUT2D eigenvalue weighted by Crippen LogP contribution is 2.45. The maximum atomic E-state index is 13.8. The van der Waals surface area contributed by atoms with Crippen LogP contribution in [0.5, 0.6) is 0 Å². The molecule has 1 fully saturated rings. The number of carbonyl (C=O) groups excluding carboxylic acids is 2. The Morgan fingerprint density at radius 2 is 2.00 bits per heavy atom. The van der Waals surface area contributed by atoms with Gasteiger partial charge in [-0.15, -0.1) is 5.10 Å². The molecule has 9 nitrogen and oxygen atoms in total. The summed E-state index contributed by atoms with van der Waals surface area (Å²) >= 11 is 0. The molecule has 198 valence electrons. The summed E-state index contributed by atoms with van der Waals surface area (Å²) in [7, 11) is 0. The molecule has 0 aliphatic carbocycles. The van der Waals surface area contributed by atoms with Gasteiger partial charge in [0, 0.05) is 55.9 Å². The van der Waals surface area contributed by atoms with Crippen LogP contribution in [0.2, 0.25) is 0 Å². The van der Waals surface area contributed by atoms with Gasteiger partial charge in [-0.2, -0.15) is 0 Å². The van der Waals surface area contributed by atoms with Crippen molar-refractivity contribution in [3.8, 4) is 0 Å². The normalized spacial score (nSPS) is 20.1. The second kappa shape index (κ2) is 10.9. The van der Waals surface area contributed by atoms with E-state index in [1.807, 2.05) is 73.8 Å². The van der Waals surface area contributed by atoms with Crippen LogP contribution in [-0.4, -0.2) is 50.2 Å². The molecule has 9 heteroatoms. The average Bonchev–Trinajstić information content (AvgIpc) is 3.62. The van der Waals surface area contributed by atoms with Gasteiger partial charge >= 0.3 is 0 Å². The number of aromatic nitrogens is 3. The summed E-state index contributed by atoms with van der Waals surface area (Å²) in [5.74, 6) is -0.701. The quantitative estimate of drug-likeness (QED) is 0.402. The number of fused-ring (bicyclic) bond motifs is 1. The minimum absolute atomic E-state index is 0.0325. The molecule has 0 bridgehead atoms. The summed E-state index contributed by atoms with van der Waals surface area (Å²) in [4.78, 5) is 29.4. The molecule has 2 aromatic carbocycles. The van der Waals surface area contributed by atoms with Gasteiger partial charge in [0.05, 0.1) is 17.9 Å². The SMILES string of the molecule is C[C@@H](/C=C/CCn1cc(CCO)nn1)[C@]1(O)C(=O)N(Cc2cccc(N3CCCC3=O)c2)c2ccccc21. The third kappa shape index (κ3) is 4.87. The van der Waals surface area contributed by atoms with Gasteiger partial charge in [0.25, 0.3) is 5.91 Å². The number of anilines is 2. The van der Waals surface area contributed by atoms with Crippen LogP contribution in [0.3, 0.4) is 0 Å². The van der Waals surface area contributed by atoms with Crippen molar-refractivity contribution in [2.24, 2.45) is 5.92 Å². The fourth-order valence-electron chi connectivity index (χ4n) is 5.31. The van der Waals surface area contributed by atoms with Crippen molar-refractivity contribution in [3.63, 3.8) is 0 Å². The number of allylic oxidation sites excluding steroid dienone is 1. The topological polar surface area (TPSA) is 112 Å². The lowest BCUT2D eigenvalue weighted by Gasteiger charge is -2.28. The van der Waals surface area contributed by atoms with E-state index >= 15 is 0 Å². The Morgan fingerprint density at radius 1 is 1.16 bits per heavy atom. The van der Waals surface area contributed by atoms with Gasteiger partial charge in [-0.3, -0.25) is 14.3 Å². The van der Waals surface area contributed by atoms with E-state index in [0.717, 1.165) is 23.4 Å². The summed E-state index contributed by atoms with van der Waals surface area (Å²) in [6.45, 7) is 3.49. The first-order valence-corrected chi connectivity index (χ1v) is 13.1. The predicted molar refractivity (Wildman–Crippen MR) is 143 cm³/mol. The lowest BCUT2D eigenvalue weighted by atomic mass is 9.83.